The van der Waals surface area contributed by atoms with Gasteiger partial charge in [0.2, 0.25) is 0 Å². The number of carbonyl (C=O) groups excluding carboxylic acids is 1. The SMILES string of the molecule is CN=C(NCCNC(=O)c1ccc(C(F)(F)F)cc1)NCc1ccc(F)cc1.I. The number of halogens is 5. The molecule has 158 valence electrons. The van der Waals surface area contributed by atoms with Crippen molar-refractivity contribution in [1.82, 2.24) is 16.0 Å². The Bertz CT molecular complexity index is 808. The van der Waals surface area contributed by atoms with Crippen LogP contribution in [0.15, 0.2) is 53.5 Å². The Labute approximate surface area is 183 Å². The molecule has 0 saturated carbocycles. The predicted octanol–water partition coefficient (Wildman–Crippen LogP) is 3.56. The van der Waals surface area contributed by atoms with E-state index >= 15 is 0 Å². The average molecular weight is 524 g/mol. The van der Waals surface area contributed by atoms with E-state index in [0.29, 0.717) is 19.0 Å². The molecule has 0 aromatic heterocycles. The van der Waals surface area contributed by atoms with E-state index in [2.05, 4.69) is 20.9 Å². The van der Waals surface area contributed by atoms with Crippen molar-refractivity contribution < 1.29 is 22.4 Å². The minimum atomic E-state index is -4.43. The second-order valence-electron chi connectivity index (χ2n) is 5.81. The van der Waals surface area contributed by atoms with Gasteiger partial charge in [-0.05, 0) is 42.0 Å². The molecule has 0 fully saturated rings. The van der Waals surface area contributed by atoms with Crippen LogP contribution in [0, 0.1) is 5.82 Å². The zero-order chi connectivity index (χ0) is 20.6. The Morgan fingerprint density at radius 1 is 0.931 bits per heavy atom. The Morgan fingerprint density at radius 3 is 2.07 bits per heavy atom. The third kappa shape index (κ3) is 8.26. The Kier molecular flexibility index (Phi) is 9.86. The quantitative estimate of drug-likeness (QED) is 0.178. The first kappa shape index (κ1) is 24.7. The molecule has 0 aliphatic rings. The van der Waals surface area contributed by atoms with E-state index in [1.807, 2.05) is 0 Å². The summed E-state index contributed by atoms with van der Waals surface area (Å²) in [5, 5.41) is 8.64. The van der Waals surface area contributed by atoms with Gasteiger partial charge in [0, 0.05) is 32.2 Å². The second-order valence-corrected chi connectivity index (χ2v) is 5.81. The molecule has 0 atom stereocenters. The van der Waals surface area contributed by atoms with Crippen LogP contribution in [0.25, 0.3) is 0 Å². The number of rotatable bonds is 6. The molecule has 2 rings (SSSR count). The molecule has 2 aromatic rings. The van der Waals surface area contributed by atoms with E-state index in [9.17, 15) is 22.4 Å². The lowest BCUT2D eigenvalue weighted by Gasteiger charge is -2.12. The fourth-order valence-electron chi connectivity index (χ4n) is 2.28. The predicted molar refractivity (Wildman–Crippen MR) is 114 cm³/mol. The van der Waals surface area contributed by atoms with Gasteiger partial charge < -0.3 is 16.0 Å². The van der Waals surface area contributed by atoms with E-state index in [1.165, 1.54) is 12.1 Å². The highest BCUT2D eigenvalue weighted by Gasteiger charge is 2.30. The molecule has 0 radical (unpaired) electrons. The first-order chi connectivity index (χ1) is 13.3. The van der Waals surface area contributed by atoms with Gasteiger partial charge in [0.15, 0.2) is 5.96 Å². The fraction of sp³-hybridized carbons (Fsp3) is 0.263. The minimum Gasteiger partial charge on any atom is -0.355 e. The maximum Gasteiger partial charge on any atom is 0.416 e. The van der Waals surface area contributed by atoms with E-state index in [1.54, 1.807) is 19.2 Å². The van der Waals surface area contributed by atoms with Crippen LogP contribution >= 0.6 is 24.0 Å². The van der Waals surface area contributed by atoms with Gasteiger partial charge >= 0.3 is 6.18 Å². The Morgan fingerprint density at radius 2 is 1.52 bits per heavy atom. The third-order valence-corrected chi connectivity index (χ3v) is 3.77. The van der Waals surface area contributed by atoms with Crippen LogP contribution in [-0.2, 0) is 12.7 Å². The van der Waals surface area contributed by atoms with Crippen molar-refractivity contribution in [1.29, 1.82) is 0 Å². The van der Waals surface area contributed by atoms with Crippen LogP contribution in [0.3, 0.4) is 0 Å². The molecular formula is C19H21F4IN4O. The Hall–Kier alpha value is -2.37. The van der Waals surface area contributed by atoms with Crippen molar-refractivity contribution in [2.24, 2.45) is 4.99 Å². The number of alkyl halides is 3. The summed E-state index contributed by atoms with van der Waals surface area (Å²) < 4.78 is 50.5. The topological polar surface area (TPSA) is 65.5 Å². The molecule has 0 unspecified atom stereocenters. The summed E-state index contributed by atoms with van der Waals surface area (Å²) in [6, 6.07) is 10.0. The maximum atomic E-state index is 12.9. The number of guanidine groups is 1. The summed E-state index contributed by atoms with van der Waals surface area (Å²) in [5.74, 6) is -0.284. The highest BCUT2D eigenvalue weighted by molar-refractivity contribution is 14.0. The highest BCUT2D eigenvalue weighted by atomic mass is 127. The van der Waals surface area contributed by atoms with Crippen molar-refractivity contribution in [2.45, 2.75) is 12.7 Å². The van der Waals surface area contributed by atoms with Gasteiger partial charge in [-0.3, -0.25) is 9.79 Å². The molecule has 2 aromatic carbocycles. The first-order valence-electron chi connectivity index (χ1n) is 8.44. The average Bonchev–Trinajstić information content (AvgIpc) is 2.68. The maximum absolute atomic E-state index is 12.9. The number of carbonyl (C=O) groups is 1. The van der Waals surface area contributed by atoms with Gasteiger partial charge in [0.1, 0.15) is 5.82 Å². The van der Waals surface area contributed by atoms with E-state index in [0.717, 1.165) is 29.8 Å². The summed E-state index contributed by atoms with van der Waals surface area (Å²) in [4.78, 5) is 16.0. The first-order valence-corrected chi connectivity index (χ1v) is 8.44. The van der Waals surface area contributed by atoms with Crippen molar-refractivity contribution in [2.75, 3.05) is 20.1 Å². The summed E-state index contributed by atoms with van der Waals surface area (Å²) in [6.07, 6.45) is -4.43. The molecule has 0 spiro atoms. The van der Waals surface area contributed by atoms with Gasteiger partial charge in [-0.15, -0.1) is 24.0 Å². The molecule has 0 aliphatic carbocycles. The van der Waals surface area contributed by atoms with Crippen LogP contribution in [-0.4, -0.2) is 32.0 Å². The summed E-state index contributed by atoms with van der Waals surface area (Å²) in [7, 11) is 1.58. The van der Waals surface area contributed by atoms with Crippen LogP contribution in [0.2, 0.25) is 0 Å². The second kappa shape index (κ2) is 11.6. The van der Waals surface area contributed by atoms with E-state index in [-0.39, 0.29) is 41.9 Å². The van der Waals surface area contributed by atoms with Gasteiger partial charge in [-0.2, -0.15) is 13.2 Å². The largest absolute Gasteiger partial charge is 0.416 e. The number of nitrogens with one attached hydrogen (secondary N) is 3. The molecule has 0 heterocycles. The summed E-state index contributed by atoms with van der Waals surface area (Å²) in [5.41, 5.74) is 0.216. The number of benzene rings is 2. The van der Waals surface area contributed by atoms with Crippen molar-refractivity contribution in [3.05, 3.63) is 71.0 Å². The van der Waals surface area contributed by atoms with Crippen molar-refractivity contribution in [3.8, 4) is 0 Å². The molecule has 1 amide bonds. The van der Waals surface area contributed by atoms with Crippen molar-refractivity contribution in [3.63, 3.8) is 0 Å². The monoisotopic (exact) mass is 524 g/mol. The summed E-state index contributed by atoms with van der Waals surface area (Å²) in [6.45, 7) is 1.05. The molecular weight excluding hydrogens is 503 g/mol. The lowest BCUT2D eigenvalue weighted by Crippen LogP contribution is -2.41. The van der Waals surface area contributed by atoms with Gasteiger partial charge in [0.25, 0.3) is 5.91 Å². The van der Waals surface area contributed by atoms with Crippen LogP contribution in [0.1, 0.15) is 21.5 Å². The molecule has 0 saturated heterocycles. The lowest BCUT2D eigenvalue weighted by molar-refractivity contribution is -0.137. The van der Waals surface area contributed by atoms with Gasteiger partial charge in [-0.25, -0.2) is 4.39 Å². The molecule has 10 heteroatoms. The molecule has 0 aliphatic heterocycles. The normalized spacial score (nSPS) is 11.4. The molecule has 0 bridgehead atoms. The molecule has 5 nitrogen and oxygen atoms in total. The van der Waals surface area contributed by atoms with Crippen LogP contribution in [0.4, 0.5) is 17.6 Å². The number of amides is 1. The number of aliphatic imine (C=N–C) groups is 1. The van der Waals surface area contributed by atoms with Gasteiger partial charge in [-0.1, -0.05) is 12.1 Å². The highest BCUT2D eigenvalue weighted by Crippen LogP contribution is 2.29. The zero-order valence-corrected chi connectivity index (χ0v) is 17.8. The lowest BCUT2D eigenvalue weighted by atomic mass is 10.1. The molecule has 3 N–H and O–H groups in total. The van der Waals surface area contributed by atoms with E-state index < -0.39 is 17.6 Å². The number of nitrogens with zero attached hydrogens (tertiary/aromatic N) is 1. The smallest absolute Gasteiger partial charge is 0.355 e. The minimum absolute atomic E-state index is 0. The van der Waals surface area contributed by atoms with Crippen LogP contribution in [0.5, 0.6) is 0 Å². The third-order valence-electron chi connectivity index (χ3n) is 3.77. The standard InChI is InChI=1S/C19H20F4N4O.HI/c1-24-18(27-12-13-2-8-16(20)9-3-13)26-11-10-25-17(28)14-4-6-15(7-5-14)19(21,22)23;/h2-9H,10-12H2,1H3,(H,25,28)(H2,24,26,27);1H. The van der Waals surface area contributed by atoms with E-state index in [4.69, 9.17) is 0 Å². The van der Waals surface area contributed by atoms with Crippen LogP contribution < -0.4 is 16.0 Å². The van der Waals surface area contributed by atoms with Crippen molar-refractivity contribution >= 4 is 35.8 Å². The molecule has 29 heavy (non-hydrogen) atoms. The fourth-order valence-corrected chi connectivity index (χ4v) is 2.28. The van der Waals surface area contributed by atoms with Gasteiger partial charge in [0.05, 0.1) is 5.56 Å². The Balaban J connectivity index is 0.00000420. The summed E-state index contributed by atoms with van der Waals surface area (Å²) >= 11 is 0. The number of hydrogen-bond donors (Lipinski definition) is 3. The number of hydrogen-bond acceptors (Lipinski definition) is 2. The zero-order valence-electron chi connectivity index (χ0n) is 15.5.